The van der Waals surface area contributed by atoms with Crippen molar-refractivity contribution in [3.8, 4) is 6.07 Å². The van der Waals surface area contributed by atoms with Crippen LogP contribution in [0.2, 0.25) is 0 Å². The summed E-state index contributed by atoms with van der Waals surface area (Å²) in [5.74, 6) is 0. The van der Waals surface area contributed by atoms with Crippen LogP contribution in [0.5, 0.6) is 0 Å². The zero-order valence-corrected chi connectivity index (χ0v) is 10.6. The van der Waals surface area contributed by atoms with Gasteiger partial charge in [0.15, 0.2) is 5.70 Å². The molecule has 2 aromatic carbocycles. The first-order chi connectivity index (χ1) is 9.76. The van der Waals surface area contributed by atoms with Crippen LogP contribution in [0, 0.1) is 11.3 Å². The largest absolute Gasteiger partial charge is 0.399 e. The molecular formula is C15H11N5. The molecule has 0 spiro atoms. The molecule has 3 rings (SSSR count). The molecule has 0 bridgehead atoms. The third kappa shape index (κ3) is 2.22. The van der Waals surface area contributed by atoms with Crippen molar-refractivity contribution in [3.63, 3.8) is 0 Å². The Bertz CT molecular complexity index is 788. The highest BCUT2D eigenvalue weighted by Crippen LogP contribution is 2.14. The van der Waals surface area contributed by atoms with Crippen LogP contribution in [0.15, 0.2) is 48.5 Å². The molecule has 2 N–H and O–H groups in total. The Kier molecular flexibility index (Phi) is 2.90. The zero-order chi connectivity index (χ0) is 13.9. The average Bonchev–Trinajstić information content (AvgIpc) is 2.90. The fourth-order valence-corrected chi connectivity index (χ4v) is 1.85. The molecule has 0 aliphatic carbocycles. The maximum Gasteiger partial charge on any atom is 0.163 e. The number of anilines is 1. The molecule has 5 nitrogen and oxygen atoms in total. The minimum Gasteiger partial charge on any atom is -0.399 e. The molecule has 0 amide bonds. The molecule has 0 saturated heterocycles. The van der Waals surface area contributed by atoms with Gasteiger partial charge in [-0.3, -0.25) is 0 Å². The lowest BCUT2D eigenvalue weighted by Crippen LogP contribution is -1.99. The number of aromatic nitrogens is 3. The second kappa shape index (κ2) is 4.86. The van der Waals surface area contributed by atoms with Crippen molar-refractivity contribution in [1.82, 2.24) is 15.0 Å². The van der Waals surface area contributed by atoms with Crippen LogP contribution < -0.4 is 5.73 Å². The summed E-state index contributed by atoms with van der Waals surface area (Å²) in [6, 6.07) is 16.9. The maximum absolute atomic E-state index is 9.28. The Morgan fingerprint density at radius 1 is 1.05 bits per heavy atom. The molecule has 0 unspecified atom stereocenters. The average molecular weight is 261 g/mol. The van der Waals surface area contributed by atoms with Crippen molar-refractivity contribution in [2.24, 2.45) is 0 Å². The SMILES string of the molecule is N#C/C(=C\c1ccc(N)cc1)n1nc2ccccc2n1. The lowest BCUT2D eigenvalue weighted by molar-refractivity contribution is 0.796. The van der Waals surface area contributed by atoms with Gasteiger partial charge in [-0.25, -0.2) is 0 Å². The number of nitriles is 1. The monoisotopic (exact) mass is 261 g/mol. The van der Waals surface area contributed by atoms with Gasteiger partial charge in [-0.1, -0.05) is 24.3 Å². The number of nitrogens with two attached hydrogens (primary N) is 1. The summed E-state index contributed by atoms with van der Waals surface area (Å²) in [7, 11) is 0. The second-order valence-electron chi connectivity index (χ2n) is 4.29. The summed E-state index contributed by atoms with van der Waals surface area (Å²) in [4.78, 5) is 1.35. The molecule has 5 heteroatoms. The smallest absolute Gasteiger partial charge is 0.163 e. The lowest BCUT2D eigenvalue weighted by Gasteiger charge is -1.98. The van der Waals surface area contributed by atoms with Crippen LogP contribution in [-0.2, 0) is 0 Å². The summed E-state index contributed by atoms with van der Waals surface area (Å²) in [6.07, 6.45) is 1.72. The molecule has 0 radical (unpaired) electrons. The molecule has 96 valence electrons. The van der Waals surface area contributed by atoms with Crippen LogP contribution in [0.3, 0.4) is 0 Å². The fourth-order valence-electron chi connectivity index (χ4n) is 1.85. The Morgan fingerprint density at radius 3 is 2.20 bits per heavy atom. The predicted molar refractivity (Wildman–Crippen MR) is 78.2 cm³/mol. The lowest BCUT2D eigenvalue weighted by atomic mass is 10.2. The van der Waals surface area contributed by atoms with Crippen molar-refractivity contribution in [2.75, 3.05) is 5.73 Å². The van der Waals surface area contributed by atoms with E-state index >= 15 is 0 Å². The quantitative estimate of drug-likeness (QED) is 0.567. The third-order valence-corrected chi connectivity index (χ3v) is 2.86. The number of nitrogen functional groups attached to an aromatic ring is 1. The van der Waals surface area contributed by atoms with Crippen molar-refractivity contribution >= 4 is 28.5 Å². The van der Waals surface area contributed by atoms with Gasteiger partial charge >= 0.3 is 0 Å². The molecule has 20 heavy (non-hydrogen) atoms. The number of hydrogen-bond acceptors (Lipinski definition) is 4. The van der Waals surface area contributed by atoms with E-state index in [9.17, 15) is 5.26 Å². The van der Waals surface area contributed by atoms with Gasteiger partial charge < -0.3 is 5.73 Å². The van der Waals surface area contributed by atoms with Gasteiger partial charge in [-0.15, -0.1) is 15.0 Å². The first-order valence-electron chi connectivity index (χ1n) is 6.06. The van der Waals surface area contributed by atoms with Crippen LogP contribution in [0.25, 0.3) is 22.8 Å². The highest BCUT2D eigenvalue weighted by molar-refractivity contribution is 5.81. The topological polar surface area (TPSA) is 80.5 Å². The van der Waals surface area contributed by atoms with Crippen LogP contribution in [0.4, 0.5) is 5.69 Å². The molecule has 1 heterocycles. The van der Waals surface area contributed by atoms with Crippen LogP contribution in [-0.4, -0.2) is 15.0 Å². The first-order valence-corrected chi connectivity index (χ1v) is 6.06. The van der Waals surface area contributed by atoms with Gasteiger partial charge in [-0.2, -0.15) is 5.26 Å². The van der Waals surface area contributed by atoms with E-state index in [1.165, 1.54) is 4.80 Å². The summed E-state index contributed by atoms with van der Waals surface area (Å²) in [5, 5.41) is 17.9. The number of benzene rings is 2. The van der Waals surface area contributed by atoms with Crippen molar-refractivity contribution in [2.45, 2.75) is 0 Å². The Labute approximate surface area is 115 Å². The number of rotatable bonds is 2. The predicted octanol–water partition coefficient (Wildman–Crippen LogP) is 2.54. The summed E-state index contributed by atoms with van der Waals surface area (Å²) < 4.78 is 0. The number of allylic oxidation sites excluding steroid dienone is 1. The maximum atomic E-state index is 9.28. The summed E-state index contributed by atoms with van der Waals surface area (Å²) in [5.41, 5.74) is 9.06. The van der Waals surface area contributed by atoms with Crippen LogP contribution in [0.1, 0.15) is 5.56 Å². The standard InChI is InChI=1S/C15H11N5/c16-10-13(9-11-5-7-12(17)8-6-11)20-18-14-3-1-2-4-15(14)19-20/h1-9H,17H2/b13-9+. The van der Waals surface area contributed by atoms with Crippen molar-refractivity contribution < 1.29 is 0 Å². The van der Waals surface area contributed by atoms with Crippen LogP contribution >= 0.6 is 0 Å². The molecule has 0 saturated carbocycles. The summed E-state index contributed by atoms with van der Waals surface area (Å²) >= 11 is 0. The second-order valence-corrected chi connectivity index (χ2v) is 4.29. The minimum atomic E-state index is 0.353. The zero-order valence-electron chi connectivity index (χ0n) is 10.6. The highest BCUT2D eigenvalue weighted by atomic mass is 15.5. The van der Waals surface area contributed by atoms with Gasteiger partial charge in [0, 0.05) is 5.69 Å². The van der Waals surface area contributed by atoms with Gasteiger partial charge in [0.05, 0.1) is 0 Å². The van der Waals surface area contributed by atoms with E-state index in [2.05, 4.69) is 16.3 Å². The number of nitrogens with zero attached hydrogens (tertiary/aromatic N) is 4. The number of hydrogen-bond donors (Lipinski definition) is 1. The molecule has 3 aromatic rings. The van der Waals surface area contributed by atoms with E-state index in [0.717, 1.165) is 16.6 Å². The molecular weight excluding hydrogens is 250 g/mol. The molecule has 0 aliphatic heterocycles. The Hall–Kier alpha value is -3.13. The molecule has 0 aliphatic rings. The van der Waals surface area contributed by atoms with Gasteiger partial charge in [0.2, 0.25) is 0 Å². The molecule has 0 fully saturated rings. The first kappa shape index (κ1) is 11.9. The molecule has 1 aromatic heterocycles. The van der Waals surface area contributed by atoms with Gasteiger partial charge in [0.25, 0.3) is 0 Å². The summed E-state index contributed by atoms with van der Waals surface area (Å²) in [6.45, 7) is 0. The minimum absolute atomic E-state index is 0.353. The van der Waals surface area contributed by atoms with E-state index < -0.39 is 0 Å². The van der Waals surface area contributed by atoms with Crippen molar-refractivity contribution in [3.05, 3.63) is 54.1 Å². The molecule has 0 atom stereocenters. The third-order valence-electron chi connectivity index (χ3n) is 2.86. The highest BCUT2D eigenvalue weighted by Gasteiger charge is 2.06. The van der Waals surface area contributed by atoms with Gasteiger partial charge in [-0.05, 0) is 35.9 Å². The van der Waals surface area contributed by atoms with E-state index in [1.54, 1.807) is 18.2 Å². The van der Waals surface area contributed by atoms with Gasteiger partial charge in [0.1, 0.15) is 17.1 Å². The Morgan fingerprint density at radius 2 is 1.65 bits per heavy atom. The van der Waals surface area contributed by atoms with E-state index in [0.29, 0.717) is 11.4 Å². The van der Waals surface area contributed by atoms with E-state index in [4.69, 9.17) is 5.73 Å². The van der Waals surface area contributed by atoms with Crippen molar-refractivity contribution in [1.29, 1.82) is 5.26 Å². The van der Waals surface area contributed by atoms with E-state index in [1.807, 2.05) is 36.4 Å². The fraction of sp³-hybridized carbons (Fsp3) is 0. The number of fused-ring (bicyclic) bond motifs is 1. The van der Waals surface area contributed by atoms with E-state index in [-0.39, 0.29) is 0 Å². The normalized spacial score (nSPS) is 11.4. The Balaban J connectivity index is 2.05.